The Balaban J connectivity index is 2.37. The van der Waals surface area contributed by atoms with Crippen molar-refractivity contribution in [1.82, 2.24) is 14.2 Å². The number of hydrogen-bond acceptors (Lipinski definition) is 3. The van der Waals surface area contributed by atoms with E-state index in [1.165, 1.54) is 4.68 Å². The Morgan fingerprint density at radius 1 is 1.18 bits per heavy atom. The Bertz CT molecular complexity index is 966. The molecule has 0 aliphatic rings. The number of nitrogens with two attached hydrogens (primary N) is 1. The fraction of sp³-hybridized carbons (Fsp3) is 0.312. The zero-order valence-corrected chi connectivity index (χ0v) is 12.9. The van der Waals surface area contributed by atoms with Crippen molar-refractivity contribution in [3.63, 3.8) is 0 Å². The van der Waals surface area contributed by atoms with E-state index in [9.17, 15) is 9.59 Å². The largest absolute Gasteiger partial charge is 0.370 e. The summed E-state index contributed by atoms with van der Waals surface area (Å²) in [6, 6.07) is 6.14. The third-order valence-corrected chi connectivity index (χ3v) is 3.83. The Morgan fingerprint density at radius 2 is 1.91 bits per heavy atom. The van der Waals surface area contributed by atoms with Gasteiger partial charge in [-0.3, -0.25) is 4.79 Å². The summed E-state index contributed by atoms with van der Waals surface area (Å²) in [6.07, 6.45) is 0.0961. The van der Waals surface area contributed by atoms with E-state index in [4.69, 9.17) is 5.73 Å². The summed E-state index contributed by atoms with van der Waals surface area (Å²) in [6.45, 7) is 6.14. The Labute approximate surface area is 127 Å². The third-order valence-electron chi connectivity index (χ3n) is 3.83. The van der Waals surface area contributed by atoms with Gasteiger partial charge in [0.05, 0.1) is 12.1 Å². The van der Waals surface area contributed by atoms with E-state index in [1.807, 2.05) is 32.9 Å². The molecule has 0 unspecified atom stereocenters. The number of benzene rings is 1. The predicted molar refractivity (Wildman–Crippen MR) is 85.0 cm³/mol. The quantitative estimate of drug-likeness (QED) is 0.794. The highest BCUT2D eigenvalue weighted by Crippen LogP contribution is 2.23. The van der Waals surface area contributed by atoms with Gasteiger partial charge in [0, 0.05) is 6.42 Å². The van der Waals surface area contributed by atoms with Gasteiger partial charge in [0.15, 0.2) is 5.65 Å². The highest BCUT2D eigenvalue weighted by atomic mass is 16.2. The average Bonchev–Trinajstić information content (AvgIpc) is 2.74. The maximum Gasteiger partial charge on any atom is 0.350 e. The van der Waals surface area contributed by atoms with Crippen LogP contribution in [0, 0.1) is 20.8 Å². The lowest BCUT2D eigenvalue weighted by Gasteiger charge is -2.07. The van der Waals surface area contributed by atoms with Crippen LogP contribution in [-0.4, -0.2) is 20.1 Å². The fourth-order valence-corrected chi connectivity index (χ4v) is 2.93. The topological polar surface area (TPSA) is 82.4 Å². The van der Waals surface area contributed by atoms with E-state index < -0.39 is 5.91 Å². The van der Waals surface area contributed by atoms with Gasteiger partial charge in [0.25, 0.3) is 0 Å². The molecule has 0 aliphatic carbocycles. The first kappa shape index (κ1) is 14.3. The zero-order chi connectivity index (χ0) is 16.0. The van der Waals surface area contributed by atoms with Crippen molar-refractivity contribution in [2.24, 2.45) is 5.73 Å². The van der Waals surface area contributed by atoms with Gasteiger partial charge in [-0.1, -0.05) is 11.6 Å². The summed E-state index contributed by atoms with van der Waals surface area (Å²) in [4.78, 5) is 23.6. The first-order valence-electron chi connectivity index (χ1n) is 7.17. The summed E-state index contributed by atoms with van der Waals surface area (Å²) < 4.78 is 2.94. The average molecular weight is 298 g/mol. The number of hydrogen-bond donors (Lipinski definition) is 1. The van der Waals surface area contributed by atoms with Gasteiger partial charge in [-0.05, 0) is 49.4 Å². The molecule has 0 saturated heterocycles. The van der Waals surface area contributed by atoms with Crippen molar-refractivity contribution in [2.75, 3.05) is 0 Å². The monoisotopic (exact) mass is 298 g/mol. The van der Waals surface area contributed by atoms with Crippen molar-refractivity contribution >= 4 is 22.5 Å². The summed E-state index contributed by atoms with van der Waals surface area (Å²) in [5.41, 5.74) is 9.50. The van der Waals surface area contributed by atoms with Crippen LogP contribution >= 0.6 is 0 Å². The number of fused-ring (bicyclic) bond motifs is 3. The van der Waals surface area contributed by atoms with Gasteiger partial charge in [0.2, 0.25) is 5.91 Å². The lowest BCUT2D eigenvalue weighted by Crippen LogP contribution is -2.24. The number of rotatable bonds is 3. The minimum absolute atomic E-state index is 0.0961. The Morgan fingerprint density at radius 3 is 2.59 bits per heavy atom. The molecule has 1 aromatic carbocycles. The predicted octanol–water partition coefficient (Wildman–Crippen LogP) is 1.45. The second kappa shape index (κ2) is 4.98. The van der Waals surface area contributed by atoms with Crippen LogP contribution < -0.4 is 11.4 Å². The first-order chi connectivity index (χ1) is 10.4. The number of pyridine rings is 1. The lowest BCUT2D eigenvalue weighted by molar-refractivity contribution is -0.118. The molecular formula is C16H18N4O2. The summed E-state index contributed by atoms with van der Waals surface area (Å²) in [5, 5.41) is 5.37. The molecular weight excluding hydrogens is 280 g/mol. The highest BCUT2D eigenvalue weighted by molar-refractivity contribution is 5.86. The van der Waals surface area contributed by atoms with Crippen LogP contribution in [0.2, 0.25) is 0 Å². The number of carbonyl (C=O) groups excluding carboxylic acids is 1. The summed E-state index contributed by atoms with van der Waals surface area (Å²) >= 11 is 0. The maximum absolute atomic E-state index is 12.7. The summed E-state index contributed by atoms with van der Waals surface area (Å²) in [7, 11) is 0. The van der Waals surface area contributed by atoms with Crippen LogP contribution in [0.5, 0.6) is 0 Å². The van der Waals surface area contributed by atoms with Crippen molar-refractivity contribution in [1.29, 1.82) is 0 Å². The summed E-state index contributed by atoms with van der Waals surface area (Å²) in [5.74, 6) is -0.447. The number of nitrogens with zero attached hydrogens (tertiary/aromatic N) is 3. The minimum Gasteiger partial charge on any atom is -0.370 e. The molecule has 22 heavy (non-hydrogen) atoms. The van der Waals surface area contributed by atoms with Crippen LogP contribution in [0.15, 0.2) is 23.0 Å². The molecule has 3 rings (SSSR count). The van der Waals surface area contributed by atoms with Crippen molar-refractivity contribution < 1.29 is 4.79 Å². The van der Waals surface area contributed by atoms with E-state index in [0.717, 1.165) is 27.6 Å². The van der Waals surface area contributed by atoms with E-state index >= 15 is 0 Å². The molecule has 0 fully saturated rings. The third kappa shape index (κ3) is 2.16. The first-order valence-corrected chi connectivity index (χ1v) is 7.17. The van der Waals surface area contributed by atoms with Crippen LogP contribution in [-0.2, 0) is 11.3 Å². The van der Waals surface area contributed by atoms with E-state index in [1.54, 1.807) is 4.40 Å². The van der Waals surface area contributed by atoms with Crippen LogP contribution in [0.4, 0.5) is 0 Å². The molecule has 2 heterocycles. The molecule has 0 atom stereocenters. The lowest BCUT2D eigenvalue weighted by atomic mass is 10.1. The molecule has 6 heteroatoms. The van der Waals surface area contributed by atoms with E-state index in [2.05, 4.69) is 11.2 Å². The Kier molecular flexibility index (Phi) is 3.24. The SMILES string of the molecule is Cc1cc(C)c2c(c1)cc(C)c1nn(CCC(N)=O)c(=O)n12. The molecule has 2 aromatic heterocycles. The van der Waals surface area contributed by atoms with Gasteiger partial charge < -0.3 is 5.73 Å². The molecule has 0 saturated carbocycles. The molecule has 0 aliphatic heterocycles. The molecule has 0 bridgehead atoms. The highest BCUT2D eigenvalue weighted by Gasteiger charge is 2.14. The van der Waals surface area contributed by atoms with Gasteiger partial charge in [0.1, 0.15) is 0 Å². The minimum atomic E-state index is -0.447. The molecule has 114 valence electrons. The zero-order valence-electron chi connectivity index (χ0n) is 12.9. The standard InChI is InChI=1S/C16H18N4O2/c1-9-6-10(2)14-12(7-9)8-11(3)15-18-19(5-4-13(17)21)16(22)20(14)15/h6-8H,4-5H2,1-3H3,(H2,17,21). The van der Waals surface area contributed by atoms with Crippen molar-refractivity contribution in [2.45, 2.75) is 33.7 Å². The molecule has 2 N–H and O–H groups in total. The molecule has 0 radical (unpaired) electrons. The van der Waals surface area contributed by atoms with Gasteiger partial charge >= 0.3 is 5.69 Å². The number of primary amides is 1. The van der Waals surface area contributed by atoms with Crippen molar-refractivity contribution in [3.8, 4) is 0 Å². The second-order valence-corrected chi connectivity index (χ2v) is 5.73. The van der Waals surface area contributed by atoms with Crippen LogP contribution in [0.25, 0.3) is 16.6 Å². The number of amides is 1. The number of carbonyl (C=O) groups is 1. The number of aromatic nitrogens is 3. The number of aryl methyl sites for hydroxylation is 4. The van der Waals surface area contributed by atoms with Gasteiger partial charge in [-0.15, -0.1) is 5.10 Å². The fourth-order valence-electron chi connectivity index (χ4n) is 2.93. The molecule has 1 amide bonds. The molecule has 6 nitrogen and oxygen atoms in total. The van der Waals surface area contributed by atoms with Gasteiger partial charge in [-0.25, -0.2) is 13.9 Å². The van der Waals surface area contributed by atoms with E-state index in [0.29, 0.717) is 5.65 Å². The second-order valence-electron chi connectivity index (χ2n) is 5.73. The van der Waals surface area contributed by atoms with Gasteiger partial charge in [-0.2, -0.15) is 0 Å². The smallest absolute Gasteiger partial charge is 0.350 e. The van der Waals surface area contributed by atoms with E-state index in [-0.39, 0.29) is 18.7 Å². The maximum atomic E-state index is 12.7. The molecule has 0 spiro atoms. The van der Waals surface area contributed by atoms with Crippen LogP contribution in [0.3, 0.4) is 0 Å². The van der Waals surface area contributed by atoms with Crippen molar-refractivity contribution in [3.05, 3.63) is 45.4 Å². The normalized spacial score (nSPS) is 11.4. The Hall–Kier alpha value is -2.63. The molecule has 3 aromatic rings. The van der Waals surface area contributed by atoms with Crippen LogP contribution in [0.1, 0.15) is 23.1 Å².